The molecule has 2 aromatic rings. The molecular formula is C15H19NO3S2. The van der Waals surface area contributed by atoms with Gasteiger partial charge in [0, 0.05) is 12.2 Å². The van der Waals surface area contributed by atoms with E-state index in [2.05, 4.69) is 5.32 Å². The minimum absolute atomic E-state index is 0.163. The lowest BCUT2D eigenvalue weighted by atomic mass is 10.2. The van der Waals surface area contributed by atoms with Crippen molar-refractivity contribution < 1.29 is 13.5 Å². The van der Waals surface area contributed by atoms with Gasteiger partial charge in [0.25, 0.3) is 0 Å². The fourth-order valence-corrected chi connectivity index (χ4v) is 3.99. The van der Waals surface area contributed by atoms with Crippen molar-refractivity contribution in [3.63, 3.8) is 0 Å². The van der Waals surface area contributed by atoms with Gasteiger partial charge < -0.3 is 10.4 Å². The van der Waals surface area contributed by atoms with E-state index in [0.717, 1.165) is 11.3 Å². The van der Waals surface area contributed by atoms with Crippen molar-refractivity contribution in [3.8, 4) is 0 Å². The van der Waals surface area contributed by atoms with Crippen LogP contribution in [-0.4, -0.2) is 25.8 Å². The molecule has 2 N–H and O–H groups in total. The van der Waals surface area contributed by atoms with E-state index in [-0.39, 0.29) is 5.75 Å². The molecule has 0 radical (unpaired) electrons. The predicted octanol–water partition coefficient (Wildman–Crippen LogP) is 3.08. The molecule has 21 heavy (non-hydrogen) atoms. The fraction of sp³-hybridized carbons (Fsp3) is 0.333. The Balaban J connectivity index is 1.97. The molecule has 4 nitrogen and oxygen atoms in total. The zero-order valence-corrected chi connectivity index (χ0v) is 13.5. The van der Waals surface area contributed by atoms with Crippen molar-refractivity contribution in [1.82, 2.24) is 0 Å². The van der Waals surface area contributed by atoms with Gasteiger partial charge in [-0.15, -0.1) is 0 Å². The lowest BCUT2D eigenvalue weighted by Gasteiger charge is -2.12. The standard InChI is InChI=1S/C15H19NO3S2/c1-2-9-21(18,19)14-5-3-13(4-6-14)16-10-15(17)12-7-8-20-11-12/h3-8,11,15-17H,2,9-10H2,1H3. The number of aliphatic hydroxyl groups is 1. The second-order valence-electron chi connectivity index (χ2n) is 4.80. The minimum atomic E-state index is -3.17. The van der Waals surface area contributed by atoms with Crippen LogP contribution in [0.4, 0.5) is 5.69 Å². The molecule has 1 unspecified atom stereocenters. The van der Waals surface area contributed by atoms with Crippen LogP contribution in [0.1, 0.15) is 25.0 Å². The highest BCUT2D eigenvalue weighted by Crippen LogP contribution is 2.19. The second-order valence-corrected chi connectivity index (χ2v) is 7.69. The fourth-order valence-electron chi connectivity index (χ4n) is 1.96. The van der Waals surface area contributed by atoms with Crippen molar-refractivity contribution >= 4 is 26.9 Å². The Morgan fingerprint density at radius 3 is 2.52 bits per heavy atom. The van der Waals surface area contributed by atoms with Crippen LogP contribution < -0.4 is 5.32 Å². The average Bonchev–Trinajstić information content (AvgIpc) is 2.99. The van der Waals surface area contributed by atoms with Crippen molar-refractivity contribution in [2.24, 2.45) is 0 Å². The van der Waals surface area contributed by atoms with Crippen LogP contribution in [0.25, 0.3) is 0 Å². The monoisotopic (exact) mass is 325 g/mol. The highest BCUT2D eigenvalue weighted by atomic mass is 32.2. The molecule has 0 fully saturated rings. The van der Waals surface area contributed by atoms with Gasteiger partial charge in [0.05, 0.1) is 16.8 Å². The summed E-state index contributed by atoms with van der Waals surface area (Å²) in [6.45, 7) is 2.23. The van der Waals surface area contributed by atoms with Gasteiger partial charge in [0.1, 0.15) is 0 Å². The van der Waals surface area contributed by atoms with E-state index in [1.165, 1.54) is 0 Å². The van der Waals surface area contributed by atoms with E-state index in [9.17, 15) is 13.5 Å². The van der Waals surface area contributed by atoms with Crippen LogP contribution in [0.5, 0.6) is 0 Å². The summed E-state index contributed by atoms with van der Waals surface area (Å²) in [6, 6.07) is 8.54. The molecule has 0 aliphatic carbocycles. The molecule has 0 bridgehead atoms. The van der Waals surface area contributed by atoms with E-state index < -0.39 is 15.9 Å². The number of aliphatic hydroxyl groups excluding tert-OH is 1. The number of anilines is 1. The van der Waals surface area contributed by atoms with Gasteiger partial charge in [-0.05, 0) is 53.1 Å². The smallest absolute Gasteiger partial charge is 0.178 e. The number of sulfone groups is 1. The van der Waals surface area contributed by atoms with Crippen LogP contribution in [0.2, 0.25) is 0 Å². The normalized spacial score (nSPS) is 13.0. The molecule has 0 aliphatic rings. The third-order valence-corrected chi connectivity index (χ3v) is 5.75. The molecule has 0 amide bonds. The molecule has 0 saturated carbocycles. The topological polar surface area (TPSA) is 66.4 Å². The summed E-state index contributed by atoms with van der Waals surface area (Å²) in [5.41, 5.74) is 1.68. The molecular weight excluding hydrogens is 306 g/mol. The zero-order chi connectivity index (χ0) is 15.3. The summed E-state index contributed by atoms with van der Waals surface area (Å²) >= 11 is 1.54. The van der Waals surface area contributed by atoms with E-state index in [1.807, 2.05) is 23.8 Å². The maximum Gasteiger partial charge on any atom is 0.178 e. The highest BCUT2D eigenvalue weighted by molar-refractivity contribution is 7.91. The van der Waals surface area contributed by atoms with Crippen molar-refractivity contribution in [2.45, 2.75) is 24.3 Å². The molecule has 1 aromatic carbocycles. The van der Waals surface area contributed by atoms with Gasteiger partial charge in [-0.1, -0.05) is 6.92 Å². The van der Waals surface area contributed by atoms with Gasteiger partial charge in [0.15, 0.2) is 9.84 Å². The molecule has 114 valence electrons. The summed E-state index contributed by atoms with van der Waals surface area (Å²) in [6.07, 6.45) is 0.0366. The highest BCUT2D eigenvalue weighted by Gasteiger charge is 2.13. The van der Waals surface area contributed by atoms with Gasteiger partial charge >= 0.3 is 0 Å². The maximum atomic E-state index is 11.9. The molecule has 0 spiro atoms. The predicted molar refractivity (Wildman–Crippen MR) is 86.6 cm³/mol. The summed E-state index contributed by atoms with van der Waals surface area (Å²) < 4.78 is 23.8. The Hall–Kier alpha value is -1.37. The summed E-state index contributed by atoms with van der Waals surface area (Å²) in [5.74, 6) is 0.163. The quantitative estimate of drug-likeness (QED) is 0.821. The molecule has 6 heteroatoms. The zero-order valence-electron chi connectivity index (χ0n) is 11.8. The average molecular weight is 325 g/mol. The number of nitrogens with one attached hydrogen (secondary N) is 1. The minimum Gasteiger partial charge on any atom is -0.387 e. The van der Waals surface area contributed by atoms with E-state index >= 15 is 0 Å². The third-order valence-electron chi connectivity index (χ3n) is 3.11. The number of rotatable bonds is 7. The second kappa shape index (κ2) is 7.06. The molecule has 2 rings (SSSR count). The Morgan fingerprint density at radius 1 is 1.24 bits per heavy atom. The van der Waals surface area contributed by atoms with Crippen molar-refractivity contribution in [2.75, 3.05) is 17.6 Å². The Labute approximate surface area is 129 Å². The Morgan fingerprint density at radius 2 is 1.95 bits per heavy atom. The first-order chi connectivity index (χ1) is 10.0. The molecule has 1 atom stereocenters. The van der Waals surface area contributed by atoms with E-state index in [0.29, 0.717) is 17.9 Å². The van der Waals surface area contributed by atoms with Crippen molar-refractivity contribution in [1.29, 1.82) is 0 Å². The van der Waals surface area contributed by atoms with Gasteiger partial charge in [-0.2, -0.15) is 11.3 Å². The molecule has 1 aromatic heterocycles. The summed E-state index contributed by atoms with van der Waals surface area (Å²) in [4.78, 5) is 0.341. The molecule has 0 aliphatic heterocycles. The van der Waals surface area contributed by atoms with Crippen molar-refractivity contribution in [3.05, 3.63) is 46.7 Å². The lowest BCUT2D eigenvalue weighted by molar-refractivity contribution is 0.192. The summed E-state index contributed by atoms with van der Waals surface area (Å²) in [7, 11) is -3.17. The van der Waals surface area contributed by atoms with E-state index in [1.54, 1.807) is 35.6 Å². The lowest BCUT2D eigenvalue weighted by Crippen LogP contribution is -2.11. The number of hydrogen-bond acceptors (Lipinski definition) is 5. The number of hydrogen-bond donors (Lipinski definition) is 2. The van der Waals surface area contributed by atoms with Crippen LogP contribution in [0, 0.1) is 0 Å². The molecule has 0 saturated heterocycles. The van der Waals surface area contributed by atoms with Crippen LogP contribution in [-0.2, 0) is 9.84 Å². The first-order valence-electron chi connectivity index (χ1n) is 6.80. The van der Waals surface area contributed by atoms with Gasteiger partial charge in [-0.3, -0.25) is 0 Å². The number of benzene rings is 1. The SMILES string of the molecule is CCCS(=O)(=O)c1ccc(NCC(O)c2ccsc2)cc1. The van der Waals surface area contributed by atoms with Crippen LogP contribution in [0.15, 0.2) is 46.0 Å². The van der Waals surface area contributed by atoms with Gasteiger partial charge in [-0.25, -0.2) is 8.42 Å². The first-order valence-corrected chi connectivity index (χ1v) is 9.39. The number of thiophene rings is 1. The van der Waals surface area contributed by atoms with E-state index in [4.69, 9.17) is 0 Å². The summed E-state index contributed by atoms with van der Waals surface area (Å²) in [5, 5.41) is 16.9. The molecule has 1 heterocycles. The van der Waals surface area contributed by atoms with Crippen LogP contribution >= 0.6 is 11.3 Å². The van der Waals surface area contributed by atoms with Crippen LogP contribution in [0.3, 0.4) is 0 Å². The Kier molecular flexibility index (Phi) is 5.39. The first kappa shape index (κ1) is 16.0. The largest absolute Gasteiger partial charge is 0.387 e. The maximum absolute atomic E-state index is 11.9. The Bertz CT molecular complexity index is 649. The third kappa shape index (κ3) is 4.30. The van der Waals surface area contributed by atoms with Gasteiger partial charge in [0.2, 0.25) is 0 Å².